The molecule has 2 rings (SSSR count). The molecule has 2 heterocycles. The van der Waals surface area contributed by atoms with Crippen LogP contribution < -0.4 is 10.6 Å². The molecule has 6 heteroatoms. The summed E-state index contributed by atoms with van der Waals surface area (Å²) in [5, 5.41) is 6.17. The summed E-state index contributed by atoms with van der Waals surface area (Å²) in [7, 11) is 0. The number of carbonyl (C=O) groups excluding carboxylic acids is 1. The number of hydrogen-bond acceptors (Lipinski definition) is 4. The fourth-order valence-corrected chi connectivity index (χ4v) is 1.79. The van der Waals surface area contributed by atoms with E-state index in [2.05, 4.69) is 27.5 Å². The third kappa shape index (κ3) is 3.68. The second-order valence-electron chi connectivity index (χ2n) is 4.17. The Morgan fingerprint density at radius 1 is 1.40 bits per heavy atom. The Labute approximate surface area is 122 Å². The first-order valence-electron chi connectivity index (χ1n) is 6.31. The molecular weight excluding hydrogens is 276 g/mol. The molecule has 0 aliphatic carbocycles. The van der Waals surface area contributed by atoms with Crippen molar-refractivity contribution in [3.8, 4) is 0 Å². The van der Waals surface area contributed by atoms with Gasteiger partial charge in [0.1, 0.15) is 5.82 Å². The summed E-state index contributed by atoms with van der Waals surface area (Å²) < 4.78 is 0. The minimum atomic E-state index is -0.287. The number of nitrogens with one attached hydrogen (secondary N) is 2. The lowest BCUT2D eigenvalue weighted by molar-refractivity contribution is 0.102. The first-order valence-corrected chi connectivity index (χ1v) is 6.69. The summed E-state index contributed by atoms with van der Waals surface area (Å²) in [5.74, 6) is 0.345. The van der Waals surface area contributed by atoms with E-state index in [0.717, 1.165) is 13.0 Å². The van der Waals surface area contributed by atoms with Crippen molar-refractivity contribution in [1.82, 2.24) is 9.97 Å². The maximum absolute atomic E-state index is 12.2. The van der Waals surface area contributed by atoms with Crippen molar-refractivity contribution < 1.29 is 4.79 Å². The van der Waals surface area contributed by atoms with Gasteiger partial charge >= 0.3 is 0 Å². The summed E-state index contributed by atoms with van der Waals surface area (Å²) in [6.45, 7) is 2.84. The van der Waals surface area contributed by atoms with Gasteiger partial charge < -0.3 is 10.6 Å². The third-order valence-corrected chi connectivity index (χ3v) is 2.88. The van der Waals surface area contributed by atoms with Crippen LogP contribution in [-0.2, 0) is 0 Å². The van der Waals surface area contributed by atoms with Gasteiger partial charge in [0.15, 0.2) is 0 Å². The predicted molar refractivity (Wildman–Crippen MR) is 80.2 cm³/mol. The second kappa shape index (κ2) is 6.86. The van der Waals surface area contributed by atoms with Gasteiger partial charge in [0, 0.05) is 18.9 Å². The Morgan fingerprint density at radius 2 is 2.25 bits per heavy atom. The zero-order valence-electron chi connectivity index (χ0n) is 11.1. The molecule has 0 saturated heterocycles. The van der Waals surface area contributed by atoms with Crippen LogP contribution in [0.5, 0.6) is 0 Å². The van der Waals surface area contributed by atoms with E-state index in [4.69, 9.17) is 11.6 Å². The fraction of sp³-hybridized carbons (Fsp3) is 0.214. The molecule has 0 saturated carbocycles. The Balaban J connectivity index is 2.16. The molecule has 1 amide bonds. The van der Waals surface area contributed by atoms with Gasteiger partial charge in [-0.1, -0.05) is 18.5 Å². The standard InChI is InChI=1S/C14H15ClN4O/c1-2-5-17-13-7-11(12(15)9-18-13)14(20)19-10-4-3-6-16-8-10/h3-4,6-9H,2,5H2,1H3,(H,17,18)(H,19,20). The number of rotatable bonds is 5. The van der Waals surface area contributed by atoms with E-state index in [-0.39, 0.29) is 5.91 Å². The van der Waals surface area contributed by atoms with Gasteiger partial charge in [-0.05, 0) is 24.6 Å². The normalized spacial score (nSPS) is 10.1. The van der Waals surface area contributed by atoms with Gasteiger partial charge in [0.2, 0.25) is 0 Å². The number of pyridine rings is 2. The molecule has 5 nitrogen and oxygen atoms in total. The molecule has 20 heavy (non-hydrogen) atoms. The average molecular weight is 291 g/mol. The van der Waals surface area contributed by atoms with Gasteiger partial charge in [-0.25, -0.2) is 4.98 Å². The van der Waals surface area contributed by atoms with Crippen molar-refractivity contribution in [3.05, 3.63) is 47.4 Å². The van der Waals surface area contributed by atoms with Crippen LogP contribution in [0, 0.1) is 0 Å². The lowest BCUT2D eigenvalue weighted by Crippen LogP contribution is -2.14. The van der Waals surface area contributed by atoms with Crippen LogP contribution in [0.15, 0.2) is 36.8 Å². The van der Waals surface area contributed by atoms with E-state index in [9.17, 15) is 4.79 Å². The van der Waals surface area contributed by atoms with E-state index in [1.807, 2.05) is 0 Å². The van der Waals surface area contributed by atoms with Crippen LogP contribution >= 0.6 is 11.6 Å². The van der Waals surface area contributed by atoms with E-state index in [1.165, 1.54) is 6.20 Å². The van der Waals surface area contributed by atoms with Crippen molar-refractivity contribution in [2.45, 2.75) is 13.3 Å². The molecule has 0 aromatic carbocycles. The maximum Gasteiger partial charge on any atom is 0.257 e. The monoisotopic (exact) mass is 290 g/mol. The number of amides is 1. The number of carbonyl (C=O) groups is 1. The Kier molecular flexibility index (Phi) is 4.90. The van der Waals surface area contributed by atoms with Crippen LogP contribution in [0.4, 0.5) is 11.5 Å². The van der Waals surface area contributed by atoms with Gasteiger partial charge in [-0.2, -0.15) is 0 Å². The SMILES string of the molecule is CCCNc1cc(C(=O)Nc2cccnc2)c(Cl)cn1. The molecule has 2 aromatic heterocycles. The molecule has 104 valence electrons. The Hall–Kier alpha value is -2.14. The molecule has 0 aliphatic rings. The van der Waals surface area contributed by atoms with Gasteiger partial charge in [0.25, 0.3) is 5.91 Å². The molecule has 0 fully saturated rings. The molecule has 0 unspecified atom stereocenters. The van der Waals surface area contributed by atoms with E-state index < -0.39 is 0 Å². The largest absolute Gasteiger partial charge is 0.370 e. The highest BCUT2D eigenvalue weighted by molar-refractivity contribution is 6.34. The molecule has 2 aromatic rings. The highest BCUT2D eigenvalue weighted by Crippen LogP contribution is 2.19. The van der Waals surface area contributed by atoms with Crippen LogP contribution in [0.2, 0.25) is 5.02 Å². The second-order valence-corrected chi connectivity index (χ2v) is 4.58. The molecule has 0 atom stereocenters. The van der Waals surface area contributed by atoms with Crippen LogP contribution in [0.1, 0.15) is 23.7 Å². The van der Waals surface area contributed by atoms with Gasteiger partial charge in [0.05, 0.1) is 22.5 Å². The lowest BCUT2D eigenvalue weighted by Gasteiger charge is -2.09. The molecular formula is C14H15ClN4O. The zero-order chi connectivity index (χ0) is 14.4. The van der Waals surface area contributed by atoms with Crippen molar-refractivity contribution >= 4 is 29.0 Å². The molecule has 0 aliphatic heterocycles. The molecule has 0 bridgehead atoms. The average Bonchev–Trinajstić information content (AvgIpc) is 2.47. The Morgan fingerprint density at radius 3 is 2.95 bits per heavy atom. The molecule has 2 N–H and O–H groups in total. The number of aromatic nitrogens is 2. The first kappa shape index (κ1) is 14.3. The van der Waals surface area contributed by atoms with Crippen LogP contribution in [-0.4, -0.2) is 22.4 Å². The van der Waals surface area contributed by atoms with Crippen molar-refractivity contribution in [2.24, 2.45) is 0 Å². The first-order chi connectivity index (χ1) is 9.70. The van der Waals surface area contributed by atoms with Crippen molar-refractivity contribution in [2.75, 3.05) is 17.2 Å². The molecule has 0 spiro atoms. The quantitative estimate of drug-likeness (QED) is 0.887. The highest BCUT2D eigenvalue weighted by atomic mass is 35.5. The summed E-state index contributed by atoms with van der Waals surface area (Å²) in [6.07, 6.45) is 5.66. The van der Waals surface area contributed by atoms with E-state index >= 15 is 0 Å². The highest BCUT2D eigenvalue weighted by Gasteiger charge is 2.12. The fourth-order valence-electron chi connectivity index (χ4n) is 1.60. The number of anilines is 2. The number of nitrogens with zero attached hydrogens (tertiary/aromatic N) is 2. The summed E-state index contributed by atoms with van der Waals surface area (Å²) in [4.78, 5) is 20.3. The van der Waals surface area contributed by atoms with E-state index in [0.29, 0.717) is 22.1 Å². The summed E-state index contributed by atoms with van der Waals surface area (Å²) >= 11 is 6.02. The minimum Gasteiger partial charge on any atom is -0.370 e. The lowest BCUT2D eigenvalue weighted by atomic mass is 10.2. The van der Waals surface area contributed by atoms with Crippen molar-refractivity contribution in [3.63, 3.8) is 0 Å². The van der Waals surface area contributed by atoms with E-state index in [1.54, 1.807) is 30.6 Å². The van der Waals surface area contributed by atoms with Gasteiger partial charge in [-0.15, -0.1) is 0 Å². The smallest absolute Gasteiger partial charge is 0.257 e. The number of halogens is 1. The van der Waals surface area contributed by atoms with Gasteiger partial charge in [-0.3, -0.25) is 9.78 Å². The summed E-state index contributed by atoms with van der Waals surface area (Å²) in [6, 6.07) is 5.15. The third-order valence-electron chi connectivity index (χ3n) is 2.58. The van der Waals surface area contributed by atoms with Crippen LogP contribution in [0.3, 0.4) is 0 Å². The van der Waals surface area contributed by atoms with Crippen molar-refractivity contribution in [1.29, 1.82) is 0 Å². The topological polar surface area (TPSA) is 66.9 Å². The minimum absolute atomic E-state index is 0.287. The predicted octanol–water partition coefficient (Wildman–Crippen LogP) is 3.20. The summed E-state index contributed by atoms with van der Waals surface area (Å²) in [5.41, 5.74) is 0.998. The molecule has 0 radical (unpaired) electrons. The Bertz CT molecular complexity index is 589. The zero-order valence-corrected chi connectivity index (χ0v) is 11.8. The number of hydrogen-bond donors (Lipinski definition) is 2. The van der Waals surface area contributed by atoms with Crippen LogP contribution in [0.25, 0.3) is 0 Å². The maximum atomic E-state index is 12.2.